The first-order chi connectivity index (χ1) is 8.13. The quantitative estimate of drug-likeness (QED) is 0.745. The summed E-state index contributed by atoms with van der Waals surface area (Å²) in [7, 11) is 1.67. The van der Waals surface area contributed by atoms with Gasteiger partial charge in [-0.1, -0.05) is 0 Å². The van der Waals surface area contributed by atoms with Gasteiger partial charge in [-0.05, 0) is 38.8 Å². The van der Waals surface area contributed by atoms with Gasteiger partial charge in [-0.3, -0.25) is 14.5 Å². The molecule has 2 N–H and O–H groups in total. The maximum Gasteiger partial charge on any atom is 0.308 e. The largest absolute Gasteiger partial charge is 0.481 e. The topological polar surface area (TPSA) is 69.6 Å². The van der Waals surface area contributed by atoms with Crippen molar-refractivity contribution in [3.63, 3.8) is 0 Å². The van der Waals surface area contributed by atoms with Crippen LogP contribution in [0.15, 0.2) is 0 Å². The van der Waals surface area contributed by atoms with Gasteiger partial charge in [0.1, 0.15) is 0 Å². The highest BCUT2D eigenvalue weighted by molar-refractivity contribution is 5.78. The first kappa shape index (κ1) is 12.4. The summed E-state index contributed by atoms with van der Waals surface area (Å²) in [4.78, 5) is 24.7. The third-order valence-corrected chi connectivity index (χ3v) is 4.17. The van der Waals surface area contributed by atoms with E-state index in [4.69, 9.17) is 5.11 Å². The fraction of sp³-hybridized carbons (Fsp3) is 0.833. The normalized spacial score (nSPS) is 30.6. The standard InChI is InChI=1S/C12H20N2O3/c1-13-11(15)8-4-6-14(7-5-8)10-3-2-9(10)12(16)17/h8-10H,2-7H2,1H3,(H,13,15)(H,16,17). The number of carboxylic acid groups (broad SMARTS) is 1. The third-order valence-electron chi connectivity index (χ3n) is 4.17. The van der Waals surface area contributed by atoms with Crippen LogP contribution in [0.5, 0.6) is 0 Å². The van der Waals surface area contributed by atoms with Crippen LogP contribution in [0, 0.1) is 11.8 Å². The van der Waals surface area contributed by atoms with Gasteiger partial charge in [0.2, 0.25) is 5.91 Å². The highest BCUT2D eigenvalue weighted by Gasteiger charge is 2.41. The Morgan fingerprint density at radius 2 is 1.82 bits per heavy atom. The van der Waals surface area contributed by atoms with Gasteiger partial charge < -0.3 is 10.4 Å². The van der Waals surface area contributed by atoms with Crippen LogP contribution in [0.4, 0.5) is 0 Å². The highest BCUT2D eigenvalue weighted by Crippen LogP contribution is 2.34. The fourth-order valence-corrected chi connectivity index (χ4v) is 2.90. The molecule has 1 saturated heterocycles. The molecule has 2 rings (SSSR count). The van der Waals surface area contributed by atoms with Crippen molar-refractivity contribution in [3.05, 3.63) is 0 Å². The van der Waals surface area contributed by atoms with Crippen molar-refractivity contribution in [2.75, 3.05) is 20.1 Å². The van der Waals surface area contributed by atoms with Crippen LogP contribution in [0.25, 0.3) is 0 Å². The van der Waals surface area contributed by atoms with Gasteiger partial charge in [-0.2, -0.15) is 0 Å². The number of hydrogen-bond donors (Lipinski definition) is 2. The average molecular weight is 240 g/mol. The number of rotatable bonds is 3. The number of aliphatic carboxylic acids is 1. The lowest BCUT2D eigenvalue weighted by Gasteiger charge is -2.45. The van der Waals surface area contributed by atoms with Crippen LogP contribution in [0.3, 0.4) is 0 Å². The van der Waals surface area contributed by atoms with E-state index >= 15 is 0 Å². The number of piperidine rings is 1. The number of carboxylic acids is 1. The molecule has 17 heavy (non-hydrogen) atoms. The summed E-state index contributed by atoms with van der Waals surface area (Å²) in [5.74, 6) is -0.631. The Kier molecular flexibility index (Phi) is 3.66. The molecule has 5 nitrogen and oxygen atoms in total. The Morgan fingerprint density at radius 3 is 2.24 bits per heavy atom. The fourth-order valence-electron chi connectivity index (χ4n) is 2.90. The third kappa shape index (κ3) is 2.44. The lowest BCUT2D eigenvalue weighted by molar-refractivity contribution is -0.150. The molecule has 1 aliphatic carbocycles. The number of carbonyl (C=O) groups is 2. The van der Waals surface area contributed by atoms with Crippen LogP contribution >= 0.6 is 0 Å². The van der Waals surface area contributed by atoms with Crippen molar-refractivity contribution >= 4 is 11.9 Å². The molecule has 1 saturated carbocycles. The number of amides is 1. The summed E-state index contributed by atoms with van der Waals surface area (Å²) in [6.07, 6.45) is 3.49. The molecule has 2 unspecified atom stereocenters. The maximum atomic E-state index is 11.5. The number of nitrogens with one attached hydrogen (secondary N) is 1. The highest BCUT2D eigenvalue weighted by atomic mass is 16.4. The van der Waals surface area contributed by atoms with Gasteiger partial charge in [0, 0.05) is 19.0 Å². The van der Waals surface area contributed by atoms with Crippen LogP contribution in [-0.2, 0) is 9.59 Å². The minimum atomic E-state index is -0.672. The van der Waals surface area contributed by atoms with Gasteiger partial charge in [0.15, 0.2) is 0 Å². The molecule has 0 aromatic heterocycles. The predicted molar refractivity (Wildman–Crippen MR) is 62.5 cm³/mol. The van der Waals surface area contributed by atoms with Crippen LogP contribution in [0.2, 0.25) is 0 Å². The van der Waals surface area contributed by atoms with Crippen molar-refractivity contribution < 1.29 is 14.7 Å². The maximum absolute atomic E-state index is 11.5. The molecule has 0 aromatic carbocycles. The Bertz CT molecular complexity index is 311. The molecule has 2 atom stereocenters. The molecule has 2 aliphatic rings. The van der Waals surface area contributed by atoms with Crippen molar-refractivity contribution in [2.24, 2.45) is 11.8 Å². The summed E-state index contributed by atoms with van der Waals surface area (Å²) in [5.41, 5.74) is 0. The van der Waals surface area contributed by atoms with Crippen molar-refractivity contribution in [2.45, 2.75) is 31.7 Å². The zero-order valence-electron chi connectivity index (χ0n) is 10.2. The molecular formula is C12H20N2O3. The van der Waals surface area contributed by atoms with Crippen LogP contribution in [0.1, 0.15) is 25.7 Å². The minimum absolute atomic E-state index is 0.111. The molecule has 2 fully saturated rings. The van der Waals surface area contributed by atoms with E-state index in [-0.39, 0.29) is 23.8 Å². The van der Waals surface area contributed by atoms with Crippen molar-refractivity contribution in [1.29, 1.82) is 0 Å². The average Bonchev–Trinajstić information content (AvgIpc) is 2.27. The number of likely N-dealkylation sites (tertiary alicyclic amines) is 1. The number of carbonyl (C=O) groups excluding carboxylic acids is 1. The molecule has 96 valence electrons. The molecule has 1 amide bonds. The van der Waals surface area contributed by atoms with E-state index in [0.717, 1.165) is 38.8 Å². The smallest absolute Gasteiger partial charge is 0.308 e. The van der Waals surface area contributed by atoms with Crippen LogP contribution in [-0.4, -0.2) is 48.1 Å². The lowest BCUT2D eigenvalue weighted by Crippen LogP contribution is -2.53. The summed E-state index contributed by atoms with van der Waals surface area (Å²) in [6, 6.07) is 0.207. The van der Waals surface area contributed by atoms with Crippen molar-refractivity contribution in [1.82, 2.24) is 10.2 Å². The molecule has 0 aromatic rings. The SMILES string of the molecule is CNC(=O)C1CCN(C2CCC2C(=O)O)CC1. The summed E-state index contributed by atoms with van der Waals surface area (Å²) in [6.45, 7) is 1.71. The molecule has 0 spiro atoms. The Labute approximate surface area is 101 Å². The molecule has 1 heterocycles. The monoisotopic (exact) mass is 240 g/mol. The first-order valence-electron chi connectivity index (χ1n) is 6.32. The second-order valence-corrected chi connectivity index (χ2v) is 5.01. The molecule has 1 aliphatic heterocycles. The van der Waals surface area contributed by atoms with Crippen LogP contribution < -0.4 is 5.32 Å². The van der Waals surface area contributed by atoms with E-state index in [9.17, 15) is 9.59 Å². The van der Waals surface area contributed by atoms with Gasteiger partial charge in [-0.25, -0.2) is 0 Å². The van der Waals surface area contributed by atoms with E-state index in [1.54, 1.807) is 7.05 Å². The molecule has 5 heteroatoms. The summed E-state index contributed by atoms with van der Waals surface area (Å²) < 4.78 is 0. The predicted octanol–water partition coefficient (Wildman–Crippen LogP) is 0.308. The Balaban J connectivity index is 1.83. The zero-order valence-corrected chi connectivity index (χ0v) is 10.2. The number of nitrogens with zero attached hydrogens (tertiary/aromatic N) is 1. The Hall–Kier alpha value is -1.10. The second kappa shape index (κ2) is 5.04. The second-order valence-electron chi connectivity index (χ2n) is 5.01. The minimum Gasteiger partial charge on any atom is -0.481 e. The summed E-state index contributed by atoms with van der Waals surface area (Å²) >= 11 is 0. The van der Waals surface area contributed by atoms with E-state index in [1.807, 2.05) is 0 Å². The molecule has 0 radical (unpaired) electrons. The van der Waals surface area contributed by atoms with E-state index in [1.165, 1.54) is 0 Å². The van der Waals surface area contributed by atoms with Gasteiger partial charge in [-0.15, -0.1) is 0 Å². The van der Waals surface area contributed by atoms with E-state index < -0.39 is 5.97 Å². The van der Waals surface area contributed by atoms with Gasteiger partial charge >= 0.3 is 5.97 Å². The van der Waals surface area contributed by atoms with Gasteiger partial charge in [0.25, 0.3) is 0 Å². The number of hydrogen-bond acceptors (Lipinski definition) is 3. The van der Waals surface area contributed by atoms with Gasteiger partial charge in [0.05, 0.1) is 5.92 Å². The Morgan fingerprint density at radius 1 is 1.18 bits per heavy atom. The molecular weight excluding hydrogens is 220 g/mol. The first-order valence-corrected chi connectivity index (χ1v) is 6.32. The summed E-state index contributed by atoms with van der Waals surface area (Å²) in [5, 5.41) is 11.7. The zero-order chi connectivity index (χ0) is 12.4. The van der Waals surface area contributed by atoms with E-state index in [2.05, 4.69) is 10.2 Å². The van der Waals surface area contributed by atoms with E-state index in [0.29, 0.717) is 0 Å². The lowest BCUT2D eigenvalue weighted by atomic mass is 9.77. The molecule has 0 bridgehead atoms. The van der Waals surface area contributed by atoms with Crippen molar-refractivity contribution in [3.8, 4) is 0 Å².